The molecule has 5 heterocycles. The second kappa shape index (κ2) is 10.1. The molecule has 0 aliphatic carbocycles. The predicted octanol–water partition coefficient (Wildman–Crippen LogP) is 2.22. The molecule has 1 fully saturated rings. The number of hydrogen-bond donors (Lipinski definition) is 3. The number of allylic oxidation sites excluding steroid dienone is 2. The van der Waals surface area contributed by atoms with Gasteiger partial charge >= 0.3 is 0 Å². The summed E-state index contributed by atoms with van der Waals surface area (Å²) < 4.78 is 18.3. The second-order valence-corrected chi connectivity index (χ2v) is 11.3. The molecule has 5 rings (SSSR count). The van der Waals surface area contributed by atoms with E-state index >= 15 is 0 Å². The smallest absolute Gasteiger partial charge is 0.230 e. The fraction of sp³-hybridized carbons (Fsp3) is 0.583. The maximum absolute atomic E-state index is 12.6. The lowest BCUT2D eigenvalue weighted by molar-refractivity contribution is 0.249. The van der Waals surface area contributed by atoms with Crippen LogP contribution < -0.4 is 15.5 Å². The van der Waals surface area contributed by atoms with E-state index in [-0.39, 0.29) is 30.5 Å². The van der Waals surface area contributed by atoms with E-state index in [0.29, 0.717) is 40.6 Å². The molecule has 2 unspecified atom stereocenters. The third-order valence-corrected chi connectivity index (χ3v) is 8.34. The van der Waals surface area contributed by atoms with Crippen LogP contribution in [0.15, 0.2) is 27.8 Å². The first-order chi connectivity index (χ1) is 16.9. The zero-order chi connectivity index (χ0) is 24.5. The molecule has 3 aliphatic rings. The highest BCUT2D eigenvalue weighted by Crippen LogP contribution is 2.34. The van der Waals surface area contributed by atoms with Crippen molar-refractivity contribution in [1.82, 2.24) is 25.4 Å². The lowest BCUT2D eigenvalue weighted by Gasteiger charge is -2.31. The average Bonchev–Trinajstić information content (AvgIpc) is 3.50. The van der Waals surface area contributed by atoms with Gasteiger partial charge in [0.25, 0.3) is 0 Å². The molecule has 11 heteroatoms. The number of aromatic nitrogens is 4. The van der Waals surface area contributed by atoms with Crippen molar-refractivity contribution < 1.29 is 13.8 Å². The molecule has 0 spiro atoms. The number of dihydropyridines is 1. The van der Waals surface area contributed by atoms with Crippen molar-refractivity contribution in [2.45, 2.75) is 62.9 Å². The third-order valence-electron chi connectivity index (χ3n) is 6.88. The van der Waals surface area contributed by atoms with E-state index in [2.05, 4.69) is 38.7 Å². The van der Waals surface area contributed by atoms with E-state index in [4.69, 9.17) is 14.5 Å². The van der Waals surface area contributed by atoms with Crippen LogP contribution in [0.5, 0.6) is 0 Å². The minimum absolute atomic E-state index is 0.0158. The Morgan fingerprint density at radius 3 is 2.80 bits per heavy atom. The molecule has 3 atom stereocenters. The maximum Gasteiger partial charge on any atom is 0.230 e. The Labute approximate surface area is 207 Å². The Morgan fingerprint density at radius 1 is 1.29 bits per heavy atom. The zero-order valence-corrected chi connectivity index (χ0v) is 21.2. The highest BCUT2D eigenvalue weighted by Gasteiger charge is 2.31. The highest BCUT2D eigenvalue weighted by atomic mass is 32.2. The third kappa shape index (κ3) is 4.97. The van der Waals surface area contributed by atoms with Gasteiger partial charge in [-0.2, -0.15) is 9.97 Å². The van der Waals surface area contributed by atoms with E-state index in [1.807, 2.05) is 26.1 Å². The Bertz CT molecular complexity index is 1150. The van der Waals surface area contributed by atoms with Crippen molar-refractivity contribution in [1.29, 1.82) is 0 Å². The van der Waals surface area contributed by atoms with Gasteiger partial charge in [-0.05, 0) is 38.0 Å². The van der Waals surface area contributed by atoms with Crippen molar-refractivity contribution in [3.63, 3.8) is 0 Å². The van der Waals surface area contributed by atoms with Crippen LogP contribution in [0.4, 0.5) is 11.8 Å². The molecule has 0 aromatic carbocycles. The van der Waals surface area contributed by atoms with Crippen LogP contribution in [0.25, 0.3) is 5.57 Å². The highest BCUT2D eigenvalue weighted by molar-refractivity contribution is 7.85. The molecule has 3 aliphatic heterocycles. The fourth-order valence-corrected chi connectivity index (χ4v) is 5.99. The summed E-state index contributed by atoms with van der Waals surface area (Å²) >= 11 is 0. The minimum Gasteiger partial charge on any atom is -0.394 e. The van der Waals surface area contributed by atoms with Crippen molar-refractivity contribution in [2.75, 3.05) is 35.7 Å². The van der Waals surface area contributed by atoms with Crippen molar-refractivity contribution in [3.8, 4) is 0 Å². The standard InChI is InChI=1S/C24H33N7O3S/c1-14(2)19(13-32)26-22-20-18(7-11-35(20)33)27-24(29-22)31-9-5-16(6-10-31)23-28-21(30-34-23)17-4-8-25-15(3)12-17/h4,8,12,14-16,19,25,32H,5-7,9-11,13H2,1-3H3,(H,26,27,29)/t15-,19?,35?/m0/s1. The topological polar surface area (TPSA) is 129 Å². The number of piperidine rings is 1. The molecule has 0 saturated carbocycles. The summed E-state index contributed by atoms with van der Waals surface area (Å²) in [5.41, 5.74) is 1.81. The number of aliphatic hydroxyl groups excluding tert-OH is 1. The number of aryl methyl sites for hydroxylation is 1. The van der Waals surface area contributed by atoms with Crippen LogP contribution in [0.2, 0.25) is 0 Å². The summed E-state index contributed by atoms with van der Waals surface area (Å²) in [7, 11) is -1.12. The van der Waals surface area contributed by atoms with Crippen LogP contribution >= 0.6 is 0 Å². The molecule has 0 radical (unpaired) electrons. The lowest BCUT2D eigenvalue weighted by Crippen LogP contribution is -2.35. The van der Waals surface area contributed by atoms with Gasteiger partial charge in [-0.1, -0.05) is 25.1 Å². The molecule has 1 saturated heterocycles. The van der Waals surface area contributed by atoms with Gasteiger partial charge in [0.05, 0.1) is 29.1 Å². The number of fused-ring (bicyclic) bond motifs is 1. The largest absolute Gasteiger partial charge is 0.394 e. The molecule has 3 N–H and O–H groups in total. The molecular weight excluding hydrogens is 466 g/mol. The molecule has 2 aromatic heterocycles. The number of rotatable bonds is 7. The van der Waals surface area contributed by atoms with Crippen molar-refractivity contribution >= 4 is 28.1 Å². The normalized spacial score (nSPS) is 23.2. The van der Waals surface area contributed by atoms with Crippen molar-refractivity contribution in [3.05, 3.63) is 35.8 Å². The van der Waals surface area contributed by atoms with E-state index in [1.54, 1.807) is 0 Å². The Balaban J connectivity index is 1.30. The van der Waals surface area contributed by atoms with Crippen LogP contribution in [0.1, 0.15) is 56.9 Å². The van der Waals surface area contributed by atoms with Gasteiger partial charge < -0.3 is 25.2 Å². The SMILES string of the molecule is CC(C)C(CO)Nc1nc(N2CCC(c3nc(C4=C[C@H](C)NC=C4)no3)CC2)nc2c1S(=O)CC2. The van der Waals surface area contributed by atoms with Gasteiger partial charge in [0.2, 0.25) is 17.7 Å². The molecular formula is C24H33N7O3S. The number of nitrogens with zero attached hydrogens (tertiary/aromatic N) is 5. The summed E-state index contributed by atoms with van der Waals surface area (Å²) in [6, 6.07) is 0.0716. The minimum atomic E-state index is -1.12. The van der Waals surface area contributed by atoms with E-state index in [1.165, 1.54) is 0 Å². The van der Waals surface area contributed by atoms with E-state index < -0.39 is 10.8 Å². The fourth-order valence-electron chi connectivity index (χ4n) is 4.68. The quantitative estimate of drug-likeness (QED) is 0.521. The number of aliphatic hydroxyl groups is 1. The van der Waals surface area contributed by atoms with Gasteiger partial charge in [0.15, 0.2) is 0 Å². The Morgan fingerprint density at radius 2 is 2.09 bits per heavy atom. The summed E-state index contributed by atoms with van der Waals surface area (Å²) in [5.74, 6) is 3.50. The van der Waals surface area contributed by atoms with Crippen LogP contribution in [-0.2, 0) is 17.2 Å². The Kier molecular flexibility index (Phi) is 6.88. The van der Waals surface area contributed by atoms with Gasteiger partial charge in [-0.15, -0.1) is 0 Å². The molecule has 0 amide bonds. The average molecular weight is 500 g/mol. The van der Waals surface area contributed by atoms with Gasteiger partial charge in [0.1, 0.15) is 10.7 Å². The van der Waals surface area contributed by atoms with Gasteiger partial charge in [0, 0.05) is 42.8 Å². The van der Waals surface area contributed by atoms with Crippen molar-refractivity contribution in [2.24, 2.45) is 5.92 Å². The summed E-state index contributed by atoms with van der Waals surface area (Å²) in [5, 5.41) is 20.6. The Hall–Kier alpha value is -2.79. The monoisotopic (exact) mass is 499 g/mol. The first-order valence-corrected chi connectivity index (χ1v) is 13.6. The number of nitrogens with one attached hydrogen (secondary N) is 2. The van der Waals surface area contributed by atoms with E-state index in [9.17, 15) is 9.32 Å². The van der Waals surface area contributed by atoms with Gasteiger partial charge in [-0.25, -0.2) is 4.98 Å². The molecule has 10 nitrogen and oxygen atoms in total. The summed E-state index contributed by atoms with van der Waals surface area (Å²) in [6.45, 7) is 7.67. The molecule has 0 bridgehead atoms. The van der Waals surface area contributed by atoms with E-state index in [0.717, 1.165) is 37.2 Å². The lowest BCUT2D eigenvalue weighted by atomic mass is 9.97. The number of anilines is 2. The first kappa shape index (κ1) is 23.9. The summed E-state index contributed by atoms with van der Waals surface area (Å²) in [6.07, 6.45) is 8.35. The molecule has 188 valence electrons. The van der Waals surface area contributed by atoms with Crippen LogP contribution in [0, 0.1) is 5.92 Å². The molecule has 2 aromatic rings. The molecule has 35 heavy (non-hydrogen) atoms. The second-order valence-electron chi connectivity index (χ2n) is 9.75. The predicted molar refractivity (Wildman–Crippen MR) is 135 cm³/mol. The summed E-state index contributed by atoms with van der Waals surface area (Å²) in [4.78, 5) is 17.1. The zero-order valence-electron chi connectivity index (χ0n) is 20.4. The number of hydrogen-bond acceptors (Lipinski definition) is 10. The van der Waals surface area contributed by atoms with Gasteiger partial charge in [-0.3, -0.25) is 4.21 Å². The first-order valence-electron chi connectivity index (χ1n) is 12.3. The van der Waals surface area contributed by atoms with Crippen LogP contribution in [-0.4, -0.2) is 67.0 Å². The maximum atomic E-state index is 12.6. The van der Waals surface area contributed by atoms with Crippen LogP contribution in [0.3, 0.4) is 0 Å².